The number of rotatable bonds is 6. The van der Waals surface area contributed by atoms with Crippen LogP contribution in [0.4, 0.5) is 0 Å². The van der Waals surface area contributed by atoms with Crippen LogP contribution in [-0.2, 0) is 0 Å². The molecular weight excluding hydrogens is 777 g/mol. The second kappa shape index (κ2) is 14.3. The molecule has 3 nitrogen and oxygen atoms in total. The molecule has 0 radical (unpaired) electrons. The molecule has 0 atom stereocenters. The lowest BCUT2D eigenvalue weighted by Gasteiger charge is -2.11. The van der Waals surface area contributed by atoms with Gasteiger partial charge in [0.2, 0.25) is 0 Å². The Morgan fingerprint density at radius 3 is 1.03 bits per heavy atom. The minimum Gasteiger partial charge on any atom is -0.456 e. The number of hydrogen-bond donors (Lipinski definition) is 0. The third-order valence-electron chi connectivity index (χ3n) is 13.2. The second-order valence-corrected chi connectivity index (χ2v) is 17.0. The van der Waals surface area contributed by atoms with Crippen molar-refractivity contribution < 1.29 is 4.42 Å². The second-order valence-electron chi connectivity index (χ2n) is 17.0. The summed E-state index contributed by atoms with van der Waals surface area (Å²) in [5.41, 5.74) is 19.4. The van der Waals surface area contributed by atoms with E-state index in [1.54, 1.807) is 0 Å². The molecular formula is C61H40N2O. The van der Waals surface area contributed by atoms with Gasteiger partial charge in [-0.1, -0.05) is 146 Å². The van der Waals surface area contributed by atoms with Gasteiger partial charge in [0.05, 0.1) is 22.1 Å². The van der Waals surface area contributed by atoms with E-state index in [2.05, 4.69) is 241 Å². The van der Waals surface area contributed by atoms with Gasteiger partial charge in [-0.3, -0.25) is 0 Å². The lowest BCUT2D eigenvalue weighted by atomic mass is 10.0. The summed E-state index contributed by atoms with van der Waals surface area (Å²) >= 11 is 0. The predicted molar refractivity (Wildman–Crippen MR) is 269 cm³/mol. The fraction of sp³-hybridized carbons (Fsp3) is 0.0164. The number of benzene rings is 10. The Bertz CT molecular complexity index is 3740. The quantitative estimate of drug-likeness (QED) is 0.164. The Labute approximate surface area is 370 Å². The maximum atomic E-state index is 6.72. The monoisotopic (exact) mass is 816 g/mol. The molecule has 0 saturated heterocycles. The summed E-state index contributed by atoms with van der Waals surface area (Å²) in [6.45, 7) is 2.17. The average molecular weight is 817 g/mol. The average Bonchev–Trinajstić information content (AvgIpc) is 4.01. The summed E-state index contributed by atoms with van der Waals surface area (Å²) in [5.74, 6) is 0. The lowest BCUT2D eigenvalue weighted by molar-refractivity contribution is 0.665. The SMILES string of the molecule is Cc1cc(-n2c3ccc(-c4ccccc4)cc3c3cc(-c4ccccc4)ccc32)cc2c1oc1ccc(-n3c4ccc(-c5ccccc5)cc4c4cc(-c5ccccc5)ccc43)cc12. The van der Waals surface area contributed by atoms with Crippen molar-refractivity contribution in [2.24, 2.45) is 0 Å². The van der Waals surface area contributed by atoms with E-state index in [9.17, 15) is 0 Å². The number of aryl methyl sites for hydroxylation is 1. The maximum absolute atomic E-state index is 6.72. The number of nitrogens with zero attached hydrogens (tertiary/aromatic N) is 2. The Morgan fingerprint density at radius 1 is 0.281 bits per heavy atom. The van der Waals surface area contributed by atoms with Crippen molar-refractivity contribution in [3.63, 3.8) is 0 Å². The van der Waals surface area contributed by atoms with Crippen LogP contribution in [0, 0.1) is 6.92 Å². The molecule has 3 aromatic heterocycles. The Balaban J connectivity index is 1.02. The predicted octanol–water partition coefficient (Wildman–Crippen LogP) is 16.8. The Morgan fingerprint density at radius 2 is 0.641 bits per heavy atom. The normalized spacial score (nSPS) is 11.8. The van der Waals surface area contributed by atoms with E-state index >= 15 is 0 Å². The van der Waals surface area contributed by atoms with Crippen LogP contribution >= 0.6 is 0 Å². The van der Waals surface area contributed by atoms with Gasteiger partial charge in [0, 0.05) is 43.7 Å². The Kier molecular flexibility index (Phi) is 8.13. The molecule has 0 fully saturated rings. The number of aromatic nitrogens is 2. The summed E-state index contributed by atoms with van der Waals surface area (Å²) in [6.07, 6.45) is 0. The first kappa shape index (κ1) is 36.3. The summed E-state index contributed by atoms with van der Waals surface area (Å²) in [6, 6.07) is 81.6. The maximum Gasteiger partial charge on any atom is 0.138 e. The van der Waals surface area contributed by atoms with Gasteiger partial charge in [-0.15, -0.1) is 0 Å². The summed E-state index contributed by atoms with van der Waals surface area (Å²) < 4.78 is 11.6. The number of furan rings is 1. The van der Waals surface area contributed by atoms with Crippen molar-refractivity contribution in [3.8, 4) is 55.9 Å². The van der Waals surface area contributed by atoms with E-state index in [1.807, 2.05) is 0 Å². The van der Waals surface area contributed by atoms with E-state index in [0.29, 0.717) is 0 Å². The zero-order valence-electron chi connectivity index (χ0n) is 35.2. The molecule has 3 heterocycles. The molecule has 13 aromatic rings. The molecule has 0 aliphatic rings. The molecule has 3 heteroatoms. The van der Waals surface area contributed by atoms with Crippen molar-refractivity contribution in [1.82, 2.24) is 9.13 Å². The van der Waals surface area contributed by atoms with E-state index in [1.165, 1.54) is 88.1 Å². The summed E-state index contributed by atoms with van der Waals surface area (Å²) in [4.78, 5) is 0. The van der Waals surface area contributed by atoms with Crippen LogP contribution in [0.15, 0.2) is 229 Å². The van der Waals surface area contributed by atoms with Gasteiger partial charge in [-0.2, -0.15) is 0 Å². The molecule has 0 aliphatic carbocycles. The standard InChI is InChI=1S/C61H40N2O/c1-39-32-49(63-58-29-24-46(42-18-10-4-11-19-42)35-52(58)53-36-47(25-30-59(53)63)43-20-12-5-13-21-43)38-55-54-37-48(26-31-60(54)64-61(39)55)62-56-27-22-44(40-14-6-2-7-15-40)33-50(56)51-34-45(23-28-57(51)62)41-16-8-3-9-17-41/h2-38H,1H3. The molecule has 0 amide bonds. The fourth-order valence-electron chi connectivity index (χ4n) is 10.1. The van der Waals surface area contributed by atoms with Crippen LogP contribution in [0.25, 0.3) is 121 Å². The summed E-state index contributed by atoms with van der Waals surface area (Å²) in [7, 11) is 0. The number of fused-ring (bicyclic) bond motifs is 9. The highest BCUT2D eigenvalue weighted by Crippen LogP contribution is 2.42. The van der Waals surface area contributed by atoms with Crippen LogP contribution in [0.2, 0.25) is 0 Å². The van der Waals surface area contributed by atoms with Gasteiger partial charge < -0.3 is 13.6 Å². The first-order valence-electron chi connectivity index (χ1n) is 22.0. The molecule has 0 N–H and O–H groups in total. The van der Waals surface area contributed by atoms with Crippen molar-refractivity contribution >= 4 is 65.6 Å². The highest BCUT2D eigenvalue weighted by Gasteiger charge is 2.20. The van der Waals surface area contributed by atoms with E-state index in [0.717, 1.165) is 38.9 Å². The zero-order chi connectivity index (χ0) is 42.3. The molecule has 10 aromatic carbocycles. The van der Waals surface area contributed by atoms with Crippen LogP contribution in [0.5, 0.6) is 0 Å². The Hall–Kier alpha value is -8.40. The van der Waals surface area contributed by atoms with Crippen LogP contribution in [0.1, 0.15) is 5.56 Å². The van der Waals surface area contributed by atoms with Crippen molar-refractivity contribution in [3.05, 3.63) is 230 Å². The highest BCUT2D eigenvalue weighted by molar-refractivity contribution is 6.14. The van der Waals surface area contributed by atoms with Crippen molar-refractivity contribution in [1.29, 1.82) is 0 Å². The minimum atomic E-state index is 0.875. The molecule has 300 valence electrons. The van der Waals surface area contributed by atoms with E-state index in [4.69, 9.17) is 4.42 Å². The zero-order valence-corrected chi connectivity index (χ0v) is 35.2. The molecule has 0 bridgehead atoms. The highest BCUT2D eigenvalue weighted by atomic mass is 16.3. The van der Waals surface area contributed by atoms with Crippen LogP contribution in [-0.4, -0.2) is 9.13 Å². The topological polar surface area (TPSA) is 23.0 Å². The van der Waals surface area contributed by atoms with Gasteiger partial charge in [-0.05, 0) is 136 Å². The van der Waals surface area contributed by atoms with Crippen molar-refractivity contribution in [2.45, 2.75) is 6.92 Å². The lowest BCUT2D eigenvalue weighted by Crippen LogP contribution is -1.95. The molecule has 13 rings (SSSR count). The van der Waals surface area contributed by atoms with Gasteiger partial charge >= 0.3 is 0 Å². The molecule has 0 saturated carbocycles. The van der Waals surface area contributed by atoms with Crippen LogP contribution < -0.4 is 0 Å². The van der Waals surface area contributed by atoms with Crippen molar-refractivity contribution in [2.75, 3.05) is 0 Å². The third kappa shape index (κ3) is 5.75. The van der Waals surface area contributed by atoms with E-state index < -0.39 is 0 Å². The van der Waals surface area contributed by atoms with Crippen LogP contribution in [0.3, 0.4) is 0 Å². The minimum absolute atomic E-state index is 0.875. The first-order chi connectivity index (χ1) is 31.6. The molecule has 0 unspecified atom stereocenters. The summed E-state index contributed by atoms with van der Waals surface area (Å²) in [5, 5.41) is 7.09. The first-order valence-corrected chi connectivity index (χ1v) is 22.0. The third-order valence-corrected chi connectivity index (χ3v) is 13.2. The molecule has 0 aliphatic heterocycles. The largest absolute Gasteiger partial charge is 0.456 e. The van der Waals surface area contributed by atoms with Gasteiger partial charge in [-0.25, -0.2) is 0 Å². The van der Waals surface area contributed by atoms with Gasteiger partial charge in [0.15, 0.2) is 0 Å². The van der Waals surface area contributed by atoms with Gasteiger partial charge in [0.25, 0.3) is 0 Å². The number of hydrogen-bond acceptors (Lipinski definition) is 1. The fourth-order valence-corrected chi connectivity index (χ4v) is 10.1. The molecule has 64 heavy (non-hydrogen) atoms. The molecule has 0 spiro atoms. The smallest absolute Gasteiger partial charge is 0.138 e. The van der Waals surface area contributed by atoms with Gasteiger partial charge in [0.1, 0.15) is 11.2 Å². The van der Waals surface area contributed by atoms with E-state index in [-0.39, 0.29) is 0 Å².